The van der Waals surface area contributed by atoms with Crippen LogP contribution in [-0.4, -0.2) is 13.2 Å². The van der Waals surface area contributed by atoms with Crippen molar-refractivity contribution in [3.05, 3.63) is 50.9 Å². The number of hydrogen-bond acceptors (Lipinski definition) is 3. The summed E-state index contributed by atoms with van der Waals surface area (Å²) in [6.07, 6.45) is 0. The summed E-state index contributed by atoms with van der Waals surface area (Å²) in [5, 5.41) is 3.41. The molecule has 0 saturated carbocycles. The summed E-state index contributed by atoms with van der Waals surface area (Å²) in [6.45, 7) is 1.93. The molecule has 3 nitrogen and oxygen atoms in total. The Hall–Kier alpha value is -1.20. The molecule has 0 spiro atoms. The summed E-state index contributed by atoms with van der Waals surface area (Å²) in [7, 11) is 0. The largest absolute Gasteiger partial charge is 0.486 e. The van der Waals surface area contributed by atoms with Gasteiger partial charge in [-0.15, -0.1) is 0 Å². The van der Waals surface area contributed by atoms with Crippen LogP contribution in [0, 0.1) is 0 Å². The second kappa shape index (κ2) is 6.06. The standard InChI is InChI=1S/C15H13Br2NO2/c16-11-4-2-1-3-10(11)9-18-13-8-15-14(7-12(13)17)19-5-6-20-15/h1-4,7-8,18H,5-6,9H2. The van der Waals surface area contributed by atoms with Crippen LogP contribution in [0.1, 0.15) is 5.56 Å². The van der Waals surface area contributed by atoms with Crippen molar-refractivity contribution in [1.82, 2.24) is 0 Å². The average Bonchev–Trinajstić information content (AvgIpc) is 2.46. The molecule has 0 saturated heterocycles. The monoisotopic (exact) mass is 397 g/mol. The molecule has 0 aromatic heterocycles. The maximum atomic E-state index is 5.60. The molecule has 2 aromatic rings. The van der Waals surface area contributed by atoms with Gasteiger partial charge in [-0.2, -0.15) is 0 Å². The van der Waals surface area contributed by atoms with Crippen LogP contribution in [0.2, 0.25) is 0 Å². The second-order valence-corrected chi connectivity index (χ2v) is 6.13. The first kappa shape index (κ1) is 13.8. The predicted octanol–water partition coefficient (Wildman–Crippen LogP) is 4.59. The molecule has 1 aliphatic rings. The number of hydrogen-bond donors (Lipinski definition) is 1. The molecule has 0 amide bonds. The van der Waals surface area contributed by atoms with Gasteiger partial charge in [0.1, 0.15) is 13.2 Å². The van der Waals surface area contributed by atoms with E-state index >= 15 is 0 Å². The Morgan fingerprint density at radius 2 is 1.65 bits per heavy atom. The van der Waals surface area contributed by atoms with Gasteiger partial charge >= 0.3 is 0 Å². The molecule has 5 heteroatoms. The van der Waals surface area contributed by atoms with Crippen molar-refractivity contribution in [2.24, 2.45) is 0 Å². The summed E-state index contributed by atoms with van der Waals surface area (Å²) < 4.78 is 13.2. The molecule has 0 fully saturated rings. The van der Waals surface area contributed by atoms with E-state index in [9.17, 15) is 0 Å². The Balaban J connectivity index is 1.79. The van der Waals surface area contributed by atoms with Crippen LogP contribution < -0.4 is 14.8 Å². The number of benzene rings is 2. The molecular formula is C15H13Br2NO2. The molecule has 104 valence electrons. The fraction of sp³-hybridized carbons (Fsp3) is 0.200. The molecule has 20 heavy (non-hydrogen) atoms. The van der Waals surface area contributed by atoms with E-state index in [1.807, 2.05) is 30.3 Å². The van der Waals surface area contributed by atoms with E-state index in [0.29, 0.717) is 13.2 Å². The third-order valence-electron chi connectivity index (χ3n) is 3.06. The lowest BCUT2D eigenvalue weighted by Gasteiger charge is -2.20. The number of anilines is 1. The van der Waals surface area contributed by atoms with Gasteiger partial charge in [0, 0.05) is 27.6 Å². The highest BCUT2D eigenvalue weighted by molar-refractivity contribution is 9.11. The summed E-state index contributed by atoms with van der Waals surface area (Å²) in [4.78, 5) is 0. The van der Waals surface area contributed by atoms with Gasteiger partial charge in [0.2, 0.25) is 0 Å². The van der Waals surface area contributed by atoms with Crippen LogP contribution in [-0.2, 0) is 6.54 Å². The van der Waals surface area contributed by atoms with Crippen LogP contribution in [0.3, 0.4) is 0 Å². The van der Waals surface area contributed by atoms with Crippen molar-refractivity contribution in [2.45, 2.75) is 6.54 Å². The highest BCUT2D eigenvalue weighted by Crippen LogP contribution is 2.38. The first-order chi connectivity index (χ1) is 9.74. The predicted molar refractivity (Wildman–Crippen MR) is 86.6 cm³/mol. The van der Waals surface area contributed by atoms with E-state index in [-0.39, 0.29) is 0 Å². The van der Waals surface area contributed by atoms with Gasteiger partial charge in [-0.05, 0) is 27.6 Å². The van der Waals surface area contributed by atoms with E-state index in [4.69, 9.17) is 9.47 Å². The highest BCUT2D eigenvalue weighted by Gasteiger charge is 2.14. The Bertz CT molecular complexity index is 631. The third-order valence-corrected chi connectivity index (χ3v) is 4.49. The number of ether oxygens (including phenoxy) is 2. The van der Waals surface area contributed by atoms with Crippen molar-refractivity contribution in [2.75, 3.05) is 18.5 Å². The molecule has 0 radical (unpaired) electrons. The van der Waals surface area contributed by atoms with Crippen LogP contribution >= 0.6 is 31.9 Å². The van der Waals surface area contributed by atoms with Crippen LogP contribution in [0.25, 0.3) is 0 Å². The molecular weight excluding hydrogens is 386 g/mol. The SMILES string of the molecule is Brc1ccccc1CNc1cc2c(cc1Br)OCCO2. The quantitative estimate of drug-likeness (QED) is 0.819. The van der Waals surface area contributed by atoms with E-state index in [2.05, 4.69) is 43.2 Å². The number of fused-ring (bicyclic) bond motifs is 1. The maximum absolute atomic E-state index is 5.60. The zero-order chi connectivity index (χ0) is 13.9. The van der Waals surface area contributed by atoms with Gasteiger partial charge in [-0.1, -0.05) is 34.1 Å². The van der Waals surface area contributed by atoms with Crippen LogP contribution in [0.15, 0.2) is 45.3 Å². The Morgan fingerprint density at radius 3 is 2.40 bits per heavy atom. The summed E-state index contributed by atoms with van der Waals surface area (Å²) in [6, 6.07) is 12.1. The summed E-state index contributed by atoms with van der Waals surface area (Å²) in [5.74, 6) is 1.57. The smallest absolute Gasteiger partial charge is 0.163 e. The second-order valence-electron chi connectivity index (χ2n) is 4.42. The fourth-order valence-electron chi connectivity index (χ4n) is 2.03. The Kier molecular flexibility index (Phi) is 4.17. The minimum atomic E-state index is 0.596. The molecule has 1 heterocycles. The lowest BCUT2D eigenvalue weighted by molar-refractivity contribution is 0.171. The topological polar surface area (TPSA) is 30.5 Å². The first-order valence-electron chi connectivity index (χ1n) is 6.30. The Labute approximate surface area is 134 Å². The van der Waals surface area contributed by atoms with Gasteiger partial charge in [0.05, 0.1) is 5.69 Å². The average molecular weight is 399 g/mol. The molecule has 0 aliphatic carbocycles. The van der Waals surface area contributed by atoms with Crippen molar-refractivity contribution in [3.63, 3.8) is 0 Å². The lowest BCUT2D eigenvalue weighted by Crippen LogP contribution is -2.15. The van der Waals surface area contributed by atoms with Gasteiger partial charge < -0.3 is 14.8 Å². The number of halogens is 2. The minimum Gasteiger partial charge on any atom is -0.486 e. The van der Waals surface area contributed by atoms with Gasteiger partial charge in [-0.25, -0.2) is 0 Å². The van der Waals surface area contributed by atoms with Gasteiger partial charge in [0.25, 0.3) is 0 Å². The molecule has 1 aliphatic heterocycles. The molecule has 0 atom stereocenters. The van der Waals surface area contributed by atoms with Crippen molar-refractivity contribution in [3.8, 4) is 11.5 Å². The van der Waals surface area contributed by atoms with Crippen LogP contribution in [0.5, 0.6) is 11.5 Å². The fourth-order valence-corrected chi connectivity index (χ4v) is 2.92. The van der Waals surface area contributed by atoms with Gasteiger partial charge in [0.15, 0.2) is 11.5 Å². The van der Waals surface area contributed by atoms with E-state index in [1.165, 1.54) is 5.56 Å². The summed E-state index contributed by atoms with van der Waals surface area (Å²) in [5.41, 5.74) is 2.19. The van der Waals surface area contributed by atoms with Gasteiger partial charge in [-0.3, -0.25) is 0 Å². The first-order valence-corrected chi connectivity index (χ1v) is 7.89. The normalized spacial score (nSPS) is 13.1. The molecule has 0 unspecified atom stereocenters. The zero-order valence-electron chi connectivity index (χ0n) is 10.7. The van der Waals surface area contributed by atoms with Crippen molar-refractivity contribution in [1.29, 1.82) is 0 Å². The highest BCUT2D eigenvalue weighted by atomic mass is 79.9. The Morgan fingerprint density at radius 1 is 0.950 bits per heavy atom. The van der Waals surface area contributed by atoms with Crippen molar-refractivity contribution < 1.29 is 9.47 Å². The lowest BCUT2D eigenvalue weighted by atomic mass is 10.2. The van der Waals surface area contributed by atoms with Crippen LogP contribution in [0.4, 0.5) is 5.69 Å². The van der Waals surface area contributed by atoms with E-state index in [0.717, 1.165) is 32.7 Å². The maximum Gasteiger partial charge on any atom is 0.163 e. The van der Waals surface area contributed by atoms with E-state index in [1.54, 1.807) is 0 Å². The van der Waals surface area contributed by atoms with Crippen molar-refractivity contribution >= 4 is 37.5 Å². The number of nitrogens with one attached hydrogen (secondary N) is 1. The molecule has 2 aromatic carbocycles. The summed E-state index contributed by atoms with van der Waals surface area (Å²) >= 11 is 7.11. The molecule has 0 bridgehead atoms. The zero-order valence-corrected chi connectivity index (χ0v) is 13.8. The minimum absolute atomic E-state index is 0.596. The molecule has 3 rings (SSSR count). The molecule has 1 N–H and O–H groups in total. The third kappa shape index (κ3) is 2.94. The van der Waals surface area contributed by atoms with E-state index < -0.39 is 0 Å². The number of rotatable bonds is 3.